The Morgan fingerprint density at radius 2 is 1.76 bits per heavy atom. The number of piperazine rings is 1. The molecule has 6 nitrogen and oxygen atoms in total. The zero-order valence-corrected chi connectivity index (χ0v) is 16.9. The number of nitrogens with one attached hydrogen (secondary N) is 1. The van der Waals surface area contributed by atoms with Gasteiger partial charge in [-0.2, -0.15) is 0 Å². The fraction of sp³-hybridized carbons (Fsp3) is 0.391. The quantitative estimate of drug-likeness (QED) is 0.752. The second kappa shape index (κ2) is 10.1. The maximum atomic E-state index is 12.7. The van der Waals surface area contributed by atoms with Crippen LogP contribution >= 0.6 is 0 Å². The monoisotopic (exact) mass is 395 g/mol. The molecule has 1 unspecified atom stereocenters. The molecule has 2 aromatic carbocycles. The van der Waals surface area contributed by atoms with Crippen LogP contribution in [0.15, 0.2) is 54.6 Å². The Kier molecular flexibility index (Phi) is 7.25. The first kappa shape index (κ1) is 20.9. The van der Waals surface area contributed by atoms with Gasteiger partial charge >= 0.3 is 12.0 Å². The van der Waals surface area contributed by atoms with Crippen LogP contribution in [-0.2, 0) is 13.1 Å². The molecule has 29 heavy (non-hydrogen) atoms. The molecule has 1 atom stereocenters. The van der Waals surface area contributed by atoms with Crippen molar-refractivity contribution in [2.45, 2.75) is 38.9 Å². The van der Waals surface area contributed by atoms with Crippen molar-refractivity contribution in [3.63, 3.8) is 0 Å². The minimum atomic E-state index is -0.948. The van der Waals surface area contributed by atoms with Crippen molar-refractivity contribution < 1.29 is 14.7 Å². The number of carboxylic acid groups (broad SMARTS) is 1. The van der Waals surface area contributed by atoms with Crippen LogP contribution in [0.4, 0.5) is 4.79 Å². The van der Waals surface area contributed by atoms with Crippen LogP contribution < -0.4 is 5.32 Å². The molecule has 0 radical (unpaired) electrons. The zero-order valence-electron chi connectivity index (χ0n) is 16.9. The van der Waals surface area contributed by atoms with Crippen molar-refractivity contribution in [1.29, 1.82) is 0 Å². The first-order valence-electron chi connectivity index (χ1n) is 10.2. The zero-order chi connectivity index (χ0) is 20.6. The maximum Gasteiger partial charge on any atom is 0.335 e. The molecule has 1 heterocycles. The Morgan fingerprint density at radius 3 is 2.41 bits per heavy atom. The van der Waals surface area contributed by atoms with Gasteiger partial charge in [0.2, 0.25) is 0 Å². The summed E-state index contributed by atoms with van der Waals surface area (Å²) >= 11 is 0. The Morgan fingerprint density at radius 1 is 1.03 bits per heavy atom. The van der Waals surface area contributed by atoms with E-state index in [1.54, 1.807) is 24.3 Å². The Balaban J connectivity index is 1.54. The fourth-order valence-corrected chi connectivity index (χ4v) is 3.77. The number of hydrogen-bond acceptors (Lipinski definition) is 3. The molecular weight excluding hydrogens is 366 g/mol. The molecule has 1 aliphatic rings. The summed E-state index contributed by atoms with van der Waals surface area (Å²) in [7, 11) is 0. The van der Waals surface area contributed by atoms with Crippen LogP contribution in [-0.4, -0.2) is 52.6 Å². The molecular formula is C23H29N3O3. The van der Waals surface area contributed by atoms with Crippen LogP contribution in [0, 0.1) is 0 Å². The van der Waals surface area contributed by atoms with Crippen molar-refractivity contribution >= 4 is 12.0 Å². The highest BCUT2D eigenvalue weighted by Gasteiger charge is 2.28. The first-order chi connectivity index (χ1) is 14.1. The van der Waals surface area contributed by atoms with Gasteiger partial charge in [-0.15, -0.1) is 0 Å². The van der Waals surface area contributed by atoms with Crippen molar-refractivity contribution in [2.24, 2.45) is 0 Å². The van der Waals surface area contributed by atoms with Gasteiger partial charge in [-0.1, -0.05) is 55.8 Å². The number of carboxylic acids is 1. The molecule has 2 aromatic rings. The van der Waals surface area contributed by atoms with E-state index in [1.165, 1.54) is 5.56 Å². The molecule has 0 aromatic heterocycles. The molecule has 2 amide bonds. The summed E-state index contributed by atoms with van der Waals surface area (Å²) in [5.74, 6) is -0.948. The number of urea groups is 1. The standard InChI is InChI=1S/C23H29N3O3/c1-2-6-21-17-26(14-13-25(21)16-19-7-4-3-5-8-19)23(29)24-15-18-9-11-20(12-10-18)22(27)28/h3-5,7-12,21H,2,6,13-17H2,1H3,(H,24,29)(H,27,28). The lowest BCUT2D eigenvalue weighted by atomic mass is 10.1. The van der Waals surface area contributed by atoms with Gasteiger partial charge in [0.05, 0.1) is 5.56 Å². The van der Waals surface area contributed by atoms with E-state index in [0.29, 0.717) is 19.1 Å². The molecule has 2 N–H and O–H groups in total. The highest BCUT2D eigenvalue weighted by atomic mass is 16.4. The van der Waals surface area contributed by atoms with Gasteiger partial charge < -0.3 is 15.3 Å². The average Bonchev–Trinajstić information content (AvgIpc) is 2.74. The van der Waals surface area contributed by atoms with E-state index in [4.69, 9.17) is 5.11 Å². The molecule has 1 aliphatic heterocycles. The summed E-state index contributed by atoms with van der Waals surface area (Å²) in [5.41, 5.74) is 2.43. The minimum absolute atomic E-state index is 0.0622. The highest BCUT2D eigenvalue weighted by Crippen LogP contribution is 2.18. The molecule has 0 spiro atoms. The number of aromatic carboxylic acids is 1. The fourth-order valence-electron chi connectivity index (χ4n) is 3.77. The van der Waals surface area contributed by atoms with E-state index < -0.39 is 5.97 Å². The largest absolute Gasteiger partial charge is 0.478 e. The van der Waals surface area contributed by atoms with Gasteiger partial charge in [0.1, 0.15) is 0 Å². The molecule has 0 bridgehead atoms. The summed E-state index contributed by atoms with van der Waals surface area (Å²) in [6.45, 7) is 5.78. The van der Waals surface area contributed by atoms with Crippen LogP contribution in [0.1, 0.15) is 41.3 Å². The van der Waals surface area contributed by atoms with E-state index in [0.717, 1.165) is 38.0 Å². The van der Waals surface area contributed by atoms with Gasteiger partial charge in [-0.3, -0.25) is 4.90 Å². The lowest BCUT2D eigenvalue weighted by Gasteiger charge is -2.41. The topological polar surface area (TPSA) is 72.9 Å². The predicted octanol–water partition coefficient (Wildman–Crippen LogP) is 3.58. The summed E-state index contributed by atoms with van der Waals surface area (Å²) in [4.78, 5) is 28.0. The van der Waals surface area contributed by atoms with Crippen molar-refractivity contribution in [1.82, 2.24) is 15.1 Å². The Bertz CT molecular complexity index is 808. The predicted molar refractivity (Wildman–Crippen MR) is 113 cm³/mol. The van der Waals surface area contributed by atoms with Gasteiger partial charge in [0, 0.05) is 38.8 Å². The van der Waals surface area contributed by atoms with Gasteiger partial charge in [-0.25, -0.2) is 9.59 Å². The van der Waals surface area contributed by atoms with Gasteiger partial charge in [0.25, 0.3) is 0 Å². The van der Waals surface area contributed by atoms with Crippen molar-refractivity contribution in [3.8, 4) is 0 Å². The van der Waals surface area contributed by atoms with Gasteiger partial charge in [-0.05, 0) is 29.7 Å². The number of amides is 2. The number of nitrogens with zero attached hydrogens (tertiary/aromatic N) is 2. The third-order valence-corrected chi connectivity index (χ3v) is 5.39. The molecule has 6 heteroatoms. The van der Waals surface area contributed by atoms with Crippen molar-refractivity contribution in [2.75, 3.05) is 19.6 Å². The number of carbonyl (C=O) groups is 2. The normalized spacial score (nSPS) is 17.1. The van der Waals surface area contributed by atoms with E-state index >= 15 is 0 Å². The van der Waals surface area contributed by atoms with Crippen LogP contribution in [0.2, 0.25) is 0 Å². The van der Waals surface area contributed by atoms with E-state index in [2.05, 4.69) is 41.4 Å². The molecule has 0 aliphatic carbocycles. The lowest BCUT2D eigenvalue weighted by Crippen LogP contribution is -2.56. The second-order valence-corrected chi connectivity index (χ2v) is 7.51. The Hall–Kier alpha value is -2.86. The number of carbonyl (C=O) groups excluding carboxylic acids is 1. The minimum Gasteiger partial charge on any atom is -0.478 e. The second-order valence-electron chi connectivity index (χ2n) is 7.51. The first-order valence-corrected chi connectivity index (χ1v) is 10.2. The van der Waals surface area contributed by atoms with Crippen LogP contribution in [0.3, 0.4) is 0 Å². The number of rotatable bonds is 7. The molecule has 154 valence electrons. The van der Waals surface area contributed by atoms with Crippen LogP contribution in [0.25, 0.3) is 0 Å². The summed E-state index contributed by atoms with van der Waals surface area (Å²) in [6, 6.07) is 17.4. The average molecular weight is 396 g/mol. The van der Waals surface area contributed by atoms with E-state index in [9.17, 15) is 9.59 Å². The molecule has 1 saturated heterocycles. The molecule has 3 rings (SSSR count). The van der Waals surface area contributed by atoms with Crippen molar-refractivity contribution in [3.05, 3.63) is 71.3 Å². The van der Waals surface area contributed by atoms with E-state index in [1.807, 2.05) is 11.0 Å². The number of hydrogen-bond donors (Lipinski definition) is 2. The third kappa shape index (κ3) is 5.81. The summed E-state index contributed by atoms with van der Waals surface area (Å²) < 4.78 is 0. The van der Waals surface area contributed by atoms with Crippen LogP contribution in [0.5, 0.6) is 0 Å². The smallest absolute Gasteiger partial charge is 0.335 e. The summed E-state index contributed by atoms with van der Waals surface area (Å²) in [5, 5.41) is 11.9. The SMILES string of the molecule is CCCC1CN(C(=O)NCc2ccc(C(=O)O)cc2)CCN1Cc1ccccc1. The van der Waals surface area contributed by atoms with Gasteiger partial charge in [0.15, 0.2) is 0 Å². The Labute approximate surface area is 172 Å². The maximum absolute atomic E-state index is 12.7. The summed E-state index contributed by atoms with van der Waals surface area (Å²) in [6.07, 6.45) is 2.15. The highest BCUT2D eigenvalue weighted by molar-refractivity contribution is 5.87. The third-order valence-electron chi connectivity index (χ3n) is 5.39. The molecule has 1 fully saturated rings. The molecule has 0 saturated carbocycles. The van der Waals surface area contributed by atoms with E-state index in [-0.39, 0.29) is 11.6 Å². The number of benzene rings is 2. The lowest BCUT2D eigenvalue weighted by molar-refractivity contribution is 0.0696.